The van der Waals surface area contributed by atoms with Crippen LogP contribution < -0.4 is 10.7 Å². The summed E-state index contributed by atoms with van der Waals surface area (Å²) >= 11 is 3.33. The third-order valence-corrected chi connectivity index (χ3v) is 3.47. The zero-order chi connectivity index (χ0) is 17.5. The fourth-order valence-electron chi connectivity index (χ4n) is 1.90. The van der Waals surface area contributed by atoms with E-state index in [1.165, 1.54) is 12.1 Å². The van der Waals surface area contributed by atoms with E-state index in [0.717, 1.165) is 4.47 Å². The van der Waals surface area contributed by atoms with Gasteiger partial charge in [-0.25, -0.2) is 5.43 Å². The van der Waals surface area contributed by atoms with Gasteiger partial charge in [0.25, 0.3) is 5.91 Å². The van der Waals surface area contributed by atoms with E-state index in [9.17, 15) is 14.7 Å². The largest absolute Gasteiger partial charge is 0.508 e. The highest BCUT2D eigenvalue weighted by Crippen LogP contribution is 2.15. The van der Waals surface area contributed by atoms with E-state index in [1.54, 1.807) is 31.2 Å². The third kappa shape index (κ3) is 5.51. The zero-order valence-electron chi connectivity index (χ0n) is 12.9. The Morgan fingerprint density at radius 2 is 1.92 bits per heavy atom. The van der Waals surface area contributed by atoms with Gasteiger partial charge >= 0.3 is 0 Å². The minimum atomic E-state index is -0.461. The molecule has 24 heavy (non-hydrogen) atoms. The van der Waals surface area contributed by atoms with Gasteiger partial charge in [0, 0.05) is 21.4 Å². The summed E-state index contributed by atoms with van der Waals surface area (Å²) < 4.78 is 0.865. The normalized spacial score (nSPS) is 11.0. The molecule has 0 heterocycles. The lowest BCUT2D eigenvalue weighted by atomic mass is 10.2. The number of rotatable bonds is 5. The monoisotopic (exact) mass is 389 g/mol. The van der Waals surface area contributed by atoms with Crippen LogP contribution in [0.1, 0.15) is 23.7 Å². The highest BCUT2D eigenvalue weighted by atomic mass is 79.9. The quantitative estimate of drug-likeness (QED) is 0.541. The average molecular weight is 390 g/mol. The van der Waals surface area contributed by atoms with Crippen LogP contribution in [0.4, 0.5) is 5.69 Å². The fraction of sp³-hybridized carbons (Fsp3) is 0.118. The van der Waals surface area contributed by atoms with Crippen molar-refractivity contribution in [2.75, 3.05) is 5.32 Å². The lowest BCUT2D eigenvalue weighted by molar-refractivity contribution is -0.115. The predicted octanol–water partition coefficient (Wildman–Crippen LogP) is 3.29. The maximum absolute atomic E-state index is 11.9. The number of phenolic OH excluding ortho intramolecular Hbond substituents is 1. The van der Waals surface area contributed by atoms with Gasteiger partial charge in [-0.15, -0.1) is 0 Å². The van der Waals surface area contributed by atoms with Crippen molar-refractivity contribution in [3.63, 3.8) is 0 Å². The van der Waals surface area contributed by atoms with Gasteiger partial charge in [0.15, 0.2) is 0 Å². The molecule has 0 spiro atoms. The number of phenols is 1. The molecule has 3 N–H and O–H groups in total. The number of benzene rings is 2. The van der Waals surface area contributed by atoms with Crippen LogP contribution >= 0.6 is 15.9 Å². The second kappa shape index (κ2) is 8.26. The van der Waals surface area contributed by atoms with Gasteiger partial charge in [-0.2, -0.15) is 5.10 Å². The number of hydrazone groups is 1. The zero-order valence-corrected chi connectivity index (χ0v) is 14.5. The molecule has 124 valence electrons. The van der Waals surface area contributed by atoms with Crippen LogP contribution in [0.25, 0.3) is 0 Å². The molecular formula is C17H16BrN3O3. The smallest absolute Gasteiger partial charge is 0.271 e. The summed E-state index contributed by atoms with van der Waals surface area (Å²) in [4.78, 5) is 23.8. The number of anilines is 1. The van der Waals surface area contributed by atoms with Crippen molar-refractivity contribution in [1.82, 2.24) is 5.43 Å². The Morgan fingerprint density at radius 3 is 2.62 bits per heavy atom. The van der Waals surface area contributed by atoms with Crippen molar-refractivity contribution in [3.8, 4) is 5.75 Å². The van der Waals surface area contributed by atoms with Crippen molar-refractivity contribution in [2.24, 2.45) is 5.10 Å². The first-order chi connectivity index (χ1) is 11.4. The standard InChI is InChI=1S/C17H16BrN3O3/c1-11(8-16(23)19-14-6-3-5-13(18)10-14)20-21-17(24)12-4-2-7-15(22)9-12/h2-7,9-10,22H,8H2,1H3,(H,19,23)(H,21,24)/b20-11+. The molecule has 2 rings (SSSR count). The van der Waals surface area contributed by atoms with Gasteiger partial charge in [0.05, 0.1) is 6.42 Å². The topological polar surface area (TPSA) is 90.8 Å². The average Bonchev–Trinajstić information content (AvgIpc) is 2.52. The van der Waals surface area contributed by atoms with Gasteiger partial charge in [0.2, 0.25) is 5.91 Å². The summed E-state index contributed by atoms with van der Waals surface area (Å²) in [6.07, 6.45) is 0.0484. The van der Waals surface area contributed by atoms with E-state index in [4.69, 9.17) is 0 Å². The fourth-order valence-corrected chi connectivity index (χ4v) is 2.30. The second-order valence-electron chi connectivity index (χ2n) is 5.07. The first-order valence-electron chi connectivity index (χ1n) is 7.12. The Balaban J connectivity index is 1.89. The molecule has 0 aromatic heterocycles. The lowest BCUT2D eigenvalue weighted by Gasteiger charge is -2.06. The number of carbonyl (C=O) groups excluding carboxylic acids is 2. The molecule has 0 saturated heterocycles. The number of amides is 2. The molecular weight excluding hydrogens is 374 g/mol. The minimum absolute atomic E-state index is 0.00301. The molecule has 7 heteroatoms. The third-order valence-electron chi connectivity index (χ3n) is 2.98. The van der Waals surface area contributed by atoms with Crippen LogP contribution in [0.3, 0.4) is 0 Å². The molecule has 0 saturated carbocycles. The lowest BCUT2D eigenvalue weighted by Crippen LogP contribution is -2.21. The Morgan fingerprint density at radius 1 is 1.17 bits per heavy atom. The molecule has 0 unspecified atom stereocenters. The maximum atomic E-state index is 11.9. The molecule has 0 aliphatic heterocycles. The van der Waals surface area contributed by atoms with Crippen molar-refractivity contribution in [3.05, 3.63) is 58.6 Å². The van der Waals surface area contributed by atoms with Gasteiger partial charge in [-0.05, 0) is 43.3 Å². The molecule has 0 bridgehead atoms. The Kier molecular flexibility index (Phi) is 6.08. The minimum Gasteiger partial charge on any atom is -0.508 e. The SMILES string of the molecule is C/C(CC(=O)Nc1cccc(Br)c1)=N\NC(=O)c1cccc(O)c1. The summed E-state index contributed by atoms with van der Waals surface area (Å²) in [7, 11) is 0. The van der Waals surface area contributed by atoms with Crippen molar-refractivity contribution in [2.45, 2.75) is 13.3 Å². The first-order valence-corrected chi connectivity index (χ1v) is 7.91. The molecule has 0 fully saturated rings. The first kappa shape index (κ1) is 17.7. The van der Waals surface area contributed by atoms with Crippen LogP contribution in [-0.2, 0) is 4.79 Å². The molecule has 0 atom stereocenters. The van der Waals surface area contributed by atoms with E-state index in [1.807, 2.05) is 12.1 Å². The molecule has 2 aromatic rings. The molecule has 2 amide bonds. The highest BCUT2D eigenvalue weighted by Gasteiger charge is 2.07. The van der Waals surface area contributed by atoms with E-state index < -0.39 is 5.91 Å². The number of nitrogens with one attached hydrogen (secondary N) is 2. The summed E-state index contributed by atoms with van der Waals surface area (Å²) in [5, 5.41) is 16.0. The molecule has 6 nitrogen and oxygen atoms in total. The van der Waals surface area contributed by atoms with Crippen molar-refractivity contribution >= 4 is 39.1 Å². The van der Waals surface area contributed by atoms with Gasteiger partial charge in [-0.1, -0.05) is 28.1 Å². The van der Waals surface area contributed by atoms with Crippen LogP contribution in [0.2, 0.25) is 0 Å². The Labute approximate surface area is 147 Å². The number of carbonyl (C=O) groups is 2. The van der Waals surface area contributed by atoms with Crippen molar-refractivity contribution < 1.29 is 14.7 Å². The highest BCUT2D eigenvalue weighted by molar-refractivity contribution is 9.10. The maximum Gasteiger partial charge on any atom is 0.271 e. The number of hydrogen-bond donors (Lipinski definition) is 3. The molecule has 0 aliphatic rings. The van der Waals surface area contributed by atoms with Gasteiger partial charge < -0.3 is 10.4 Å². The number of nitrogens with zero attached hydrogens (tertiary/aromatic N) is 1. The van der Waals surface area contributed by atoms with Crippen LogP contribution in [0.15, 0.2) is 58.1 Å². The number of halogens is 1. The van der Waals surface area contributed by atoms with Gasteiger partial charge in [0.1, 0.15) is 5.75 Å². The summed E-state index contributed by atoms with van der Waals surface area (Å²) in [5.74, 6) is -0.699. The van der Waals surface area contributed by atoms with Crippen LogP contribution in [-0.4, -0.2) is 22.6 Å². The van der Waals surface area contributed by atoms with Crippen LogP contribution in [0, 0.1) is 0 Å². The van der Waals surface area contributed by atoms with E-state index in [2.05, 4.69) is 31.8 Å². The Hall–Kier alpha value is -2.67. The Bertz CT molecular complexity index is 790. The number of hydrogen-bond acceptors (Lipinski definition) is 4. The van der Waals surface area contributed by atoms with Crippen LogP contribution in [0.5, 0.6) is 5.75 Å². The summed E-state index contributed by atoms with van der Waals surface area (Å²) in [6, 6.07) is 13.2. The summed E-state index contributed by atoms with van der Waals surface area (Å²) in [6.45, 7) is 1.64. The second-order valence-corrected chi connectivity index (χ2v) is 5.99. The van der Waals surface area contributed by atoms with Gasteiger partial charge in [-0.3, -0.25) is 9.59 Å². The molecule has 0 radical (unpaired) electrons. The van der Waals surface area contributed by atoms with E-state index in [-0.39, 0.29) is 23.6 Å². The predicted molar refractivity (Wildman–Crippen MR) is 96.1 cm³/mol. The number of aromatic hydroxyl groups is 1. The molecule has 0 aliphatic carbocycles. The van der Waals surface area contributed by atoms with Crippen molar-refractivity contribution in [1.29, 1.82) is 0 Å². The molecule has 2 aromatic carbocycles. The van der Waals surface area contributed by atoms with E-state index >= 15 is 0 Å². The summed E-state index contributed by atoms with van der Waals surface area (Å²) in [5.41, 5.74) is 3.76. The van der Waals surface area contributed by atoms with E-state index in [0.29, 0.717) is 11.4 Å².